The average molecular weight is 161 g/mol. The molecule has 0 radical (unpaired) electrons. The molecule has 0 saturated carbocycles. The molecule has 1 aliphatic carbocycles. The van der Waals surface area contributed by atoms with Gasteiger partial charge >= 0.3 is 0 Å². The van der Waals surface area contributed by atoms with E-state index in [1.807, 2.05) is 20.1 Å². The molecular formula is C11H15N. The van der Waals surface area contributed by atoms with Gasteiger partial charge in [-0.05, 0) is 32.3 Å². The Morgan fingerprint density at radius 3 is 2.92 bits per heavy atom. The monoisotopic (exact) mass is 161 g/mol. The van der Waals surface area contributed by atoms with Crippen molar-refractivity contribution in [3.8, 4) is 0 Å². The van der Waals surface area contributed by atoms with Gasteiger partial charge in [0.2, 0.25) is 0 Å². The van der Waals surface area contributed by atoms with Crippen LogP contribution in [0.15, 0.2) is 40.6 Å². The molecule has 1 heteroatoms. The maximum Gasteiger partial charge on any atom is 0.0474 e. The SMILES string of the molecule is CC=NC1=C(/C=C\C)C=CCC1. The minimum atomic E-state index is 1.07. The van der Waals surface area contributed by atoms with Crippen LogP contribution in [0.3, 0.4) is 0 Å². The van der Waals surface area contributed by atoms with Gasteiger partial charge < -0.3 is 0 Å². The fourth-order valence-corrected chi connectivity index (χ4v) is 1.30. The number of hydrogen-bond donors (Lipinski definition) is 0. The molecule has 1 rings (SSSR count). The highest BCUT2D eigenvalue weighted by atomic mass is 14.7. The molecule has 12 heavy (non-hydrogen) atoms. The van der Waals surface area contributed by atoms with E-state index in [0.717, 1.165) is 12.8 Å². The van der Waals surface area contributed by atoms with Crippen LogP contribution in [0.25, 0.3) is 0 Å². The summed E-state index contributed by atoms with van der Waals surface area (Å²) < 4.78 is 0. The van der Waals surface area contributed by atoms with E-state index in [-0.39, 0.29) is 0 Å². The highest BCUT2D eigenvalue weighted by molar-refractivity contribution is 5.56. The fraction of sp³-hybridized carbons (Fsp3) is 0.364. The Morgan fingerprint density at radius 1 is 1.42 bits per heavy atom. The molecule has 1 aliphatic rings. The summed E-state index contributed by atoms with van der Waals surface area (Å²) >= 11 is 0. The van der Waals surface area contributed by atoms with Crippen molar-refractivity contribution in [2.45, 2.75) is 26.7 Å². The summed E-state index contributed by atoms with van der Waals surface area (Å²) in [5, 5.41) is 0. The van der Waals surface area contributed by atoms with Gasteiger partial charge in [0.15, 0.2) is 0 Å². The van der Waals surface area contributed by atoms with E-state index in [2.05, 4.69) is 29.3 Å². The van der Waals surface area contributed by atoms with Gasteiger partial charge in [-0.1, -0.05) is 24.3 Å². The van der Waals surface area contributed by atoms with Crippen molar-refractivity contribution in [3.63, 3.8) is 0 Å². The summed E-state index contributed by atoms with van der Waals surface area (Å²) in [4.78, 5) is 4.34. The maximum atomic E-state index is 4.34. The Kier molecular flexibility index (Phi) is 3.52. The molecule has 0 saturated heterocycles. The van der Waals surface area contributed by atoms with E-state index in [1.54, 1.807) is 0 Å². The van der Waals surface area contributed by atoms with Gasteiger partial charge in [-0.25, -0.2) is 0 Å². The van der Waals surface area contributed by atoms with Crippen molar-refractivity contribution in [1.82, 2.24) is 0 Å². The number of aliphatic imine (C=N–C) groups is 1. The van der Waals surface area contributed by atoms with E-state index in [1.165, 1.54) is 11.3 Å². The van der Waals surface area contributed by atoms with Crippen molar-refractivity contribution >= 4 is 6.21 Å². The van der Waals surface area contributed by atoms with Gasteiger partial charge in [0, 0.05) is 11.9 Å². The van der Waals surface area contributed by atoms with Crippen LogP contribution < -0.4 is 0 Å². The third-order valence-corrected chi connectivity index (χ3v) is 1.81. The lowest BCUT2D eigenvalue weighted by atomic mass is 10.0. The zero-order chi connectivity index (χ0) is 8.81. The molecule has 0 aliphatic heterocycles. The van der Waals surface area contributed by atoms with Crippen molar-refractivity contribution < 1.29 is 0 Å². The summed E-state index contributed by atoms with van der Waals surface area (Å²) in [6.07, 6.45) is 12.6. The van der Waals surface area contributed by atoms with E-state index < -0.39 is 0 Å². The minimum absolute atomic E-state index is 1.07. The van der Waals surface area contributed by atoms with Gasteiger partial charge in [-0.2, -0.15) is 0 Å². The molecule has 0 aromatic rings. The lowest BCUT2D eigenvalue weighted by molar-refractivity contribution is 0.932. The van der Waals surface area contributed by atoms with Crippen LogP contribution in [0.5, 0.6) is 0 Å². The molecule has 0 spiro atoms. The molecule has 1 nitrogen and oxygen atoms in total. The Hall–Kier alpha value is -1.11. The Bertz CT molecular complexity index is 250. The summed E-state index contributed by atoms with van der Waals surface area (Å²) in [5.74, 6) is 0. The van der Waals surface area contributed by atoms with E-state index in [4.69, 9.17) is 0 Å². The zero-order valence-electron chi connectivity index (χ0n) is 7.75. The molecule has 0 unspecified atom stereocenters. The lowest BCUT2D eigenvalue weighted by Gasteiger charge is -2.08. The van der Waals surface area contributed by atoms with E-state index in [0.29, 0.717) is 0 Å². The van der Waals surface area contributed by atoms with Crippen LogP contribution in [-0.4, -0.2) is 6.21 Å². The van der Waals surface area contributed by atoms with Crippen LogP contribution in [0.2, 0.25) is 0 Å². The van der Waals surface area contributed by atoms with Gasteiger partial charge in [-0.15, -0.1) is 0 Å². The molecule has 0 amide bonds. The first-order chi connectivity index (χ1) is 5.88. The largest absolute Gasteiger partial charge is 0.265 e. The van der Waals surface area contributed by atoms with Crippen molar-refractivity contribution in [3.05, 3.63) is 35.6 Å². The van der Waals surface area contributed by atoms with Crippen molar-refractivity contribution in [2.24, 2.45) is 4.99 Å². The van der Waals surface area contributed by atoms with Crippen molar-refractivity contribution in [1.29, 1.82) is 0 Å². The Morgan fingerprint density at radius 2 is 2.25 bits per heavy atom. The third-order valence-electron chi connectivity index (χ3n) is 1.81. The van der Waals surface area contributed by atoms with Crippen LogP contribution in [0.1, 0.15) is 26.7 Å². The molecule has 0 heterocycles. The first-order valence-corrected chi connectivity index (χ1v) is 4.39. The Labute approximate surface area is 74.2 Å². The lowest BCUT2D eigenvalue weighted by Crippen LogP contribution is -1.90. The topological polar surface area (TPSA) is 12.4 Å². The van der Waals surface area contributed by atoms with Gasteiger partial charge in [0.1, 0.15) is 0 Å². The highest BCUT2D eigenvalue weighted by Gasteiger charge is 2.02. The molecule has 0 aromatic heterocycles. The second-order valence-electron chi connectivity index (χ2n) is 2.73. The molecular weight excluding hydrogens is 146 g/mol. The van der Waals surface area contributed by atoms with Gasteiger partial charge in [0.05, 0.1) is 0 Å². The van der Waals surface area contributed by atoms with Gasteiger partial charge in [-0.3, -0.25) is 4.99 Å². The number of hydrogen-bond acceptors (Lipinski definition) is 1. The van der Waals surface area contributed by atoms with Crippen molar-refractivity contribution in [2.75, 3.05) is 0 Å². The van der Waals surface area contributed by atoms with E-state index in [9.17, 15) is 0 Å². The quantitative estimate of drug-likeness (QED) is 0.551. The van der Waals surface area contributed by atoms with Crippen LogP contribution in [-0.2, 0) is 0 Å². The zero-order valence-corrected chi connectivity index (χ0v) is 7.75. The maximum absolute atomic E-state index is 4.34. The number of rotatable bonds is 2. The third kappa shape index (κ3) is 2.19. The fourth-order valence-electron chi connectivity index (χ4n) is 1.30. The molecule has 0 N–H and O–H groups in total. The van der Waals surface area contributed by atoms with Gasteiger partial charge in [0.25, 0.3) is 0 Å². The first-order valence-electron chi connectivity index (χ1n) is 4.39. The standard InChI is InChI=1S/C11H15N/c1-3-7-10-8-5-6-9-11(10)12-4-2/h3-5,7-8H,6,9H2,1-2H3/b7-3-,12-4?. The predicted octanol–water partition coefficient (Wildman–Crippen LogP) is 3.26. The predicted molar refractivity (Wildman–Crippen MR) is 54.4 cm³/mol. The second-order valence-corrected chi connectivity index (χ2v) is 2.73. The molecule has 0 atom stereocenters. The molecule has 64 valence electrons. The summed E-state index contributed by atoms with van der Waals surface area (Å²) in [6.45, 7) is 3.99. The van der Waals surface area contributed by atoms with Crippen LogP contribution in [0.4, 0.5) is 0 Å². The first kappa shape index (κ1) is 8.98. The highest BCUT2D eigenvalue weighted by Crippen LogP contribution is 2.20. The number of allylic oxidation sites excluding steroid dienone is 6. The van der Waals surface area contributed by atoms with Crippen LogP contribution >= 0.6 is 0 Å². The van der Waals surface area contributed by atoms with Crippen LogP contribution in [0, 0.1) is 0 Å². The molecule has 0 bridgehead atoms. The second kappa shape index (κ2) is 4.70. The smallest absolute Gasteiger partial charge is 0.0474 e. The molecule has 0 fully saturated rings. The summed E-state index contributed by atoms with van der Waals surface area (Å²) in [5.41, 5.74) is 2.46. The van der Waals surface area contributed by atoms with E-state index >= 15 is 0 Å². The summed E-state index contributed by atoms with van der Waals surface area (Å²) in [7, 11) is 0. The molecule has 0 aromatic carbocycles. The minimum Gasteiger partial charge on any atom is -0.265 e. The number of nitrogens with zero attached hydrogens (tertiary/aromatic N) is 1. The normalized spacial score (nSPS) is 18.5. The summed E-state index contributed by atoms with van der Waals surface area (Å²) in [6, 6.07) is 0. The average Bonchev–Trinajstić information content (AvgIpc) is 2.09. The Balaban J connectivity index is 2.91.